The predicted molar refractivity (Wildman–Crippen MR) is 100 cm³/mol. The second-order valence-electron chi connectivity index (χ2n) is 7.42. The Morgan fingerprint density at radius 1 is 1.25 bits per heavy atom. The van der Waals surface area contributed by atoms with Crippen molar-refractivity contribution in [3.05, 3.63) is 29.8 Å². The quantitative estimate of drug-likeness (QED) is 0.775. The monoisotopic (exact) mass is 395 g/mol. The third-order valence-electron chi connectivity index (χ3n) is 5.38. The molecule has 0 radical (unpaired) electrons. The molecule has 2 unspecified atom stereocenters. The molecule has 2 amide bonds. The number of carbonyl (C=O) groups is 2. The van der Waals surface area contributed by atoms with Gasteiger partial charge in [-0.3, -0.25) is 9.59 Å². The van der Waals surface area contributed by atoms with Gasteiger partial charge in [0, 0.05) is 19.6 Å². The van der Waals surface area contributed by atoms with Crippen molar-refractivity contribution in [2.75, 3.05) is 32.7 Å². The summed E-state index contributed by atoms with van der Waals surface area (Å²) >= 11 is 0. The first-order valence-corrected chi connectivity index (χ1v) is 9.86. The zero-order chi connectivity index (χ0) is 19.9. The number of halogens is 2. The van der Waals surface area contributed by atoms with Crippen LogP contribution >= 0.6 is 0 Å². The van der Waals surface area contributed by atoms with E-state index in [4.69, 9.17) is 0 Å². The van der Waals surface area contributed by atoms with Crippen molar-refractivity contribution in [1.29, 1.82) is 0 Å². The van der Waals surface area contributed by atoms with Gasteiger partial charge in [0.25, 0.3) is 5.91 Å². The summed E-state index contributed by atoms with van der Waals surface area (Å²) in [6.07, 6.45) is 3.64. The maximum Gasteiger partial charge on any atom is 0.387 e. The van der Waals surface area contributed by atoms with Crippen LogP contribution in [-0.4, -0.2) is 56.0 Å². The molecule has 28 heavy (non-hydrogen) atoms. The molecule has 2 aliphatic rings. The Morgan fingerprint density at radius 3 is 2.82 bits per heavy atom. The number of ether oxygens (including phenoxy) is 1. The Hall–Kier alpha value is -2.22. The number of likely N-dealkylation sites (tertiary alicyclic amines) is 1. The Labute approximate surface area is 163 Å². The lowest BCUT2D eigenvalue weighted by Gasteiger charge is -2.33. The SMILES string of the molecule is O=C(NCC1CCCNC1)C1CCCN(C(=O)c2ccccc2OC(F)F)C1. The Morgan fingerprint density at radius 2 is 2.07 bits per heavy atom. The summed E-state index contributed by atoms with van der Waals surface area (Å²) in [7, 11) is 0. The van der Waals surface area contributed by atoms with Gasteiger partial charge >= 0.3 is 6.61 Å². The van der Waals surface area contributed by atoms with E-state index >= 15 is 0 Å². The summed E-state index contributed by atoms with van der Waals surface area (Å²) in [5, 5.41) is 6.35. The second-order valence-corrected chi connectivity index (χ2v) is 7.42. The van der Waals surface area contributed by atoms with Crippen LogP contribution in [0.4, 0.5) is 8.78 Å². The standard InChI is InChI=1S/C20H27F2N3O3/c21-20(22)28-17-8-2-1-7-16(17)19(27)25-10-4-6-15(13-25)18(26)24-12-14-5-3-9-23-11-14/h1-2,7-8,14-15,20,23H,3-6,9-13H2,(H,24,26). The van der Waals surface area contributed by atoms with E-state index in [1.54, 1.807) is 17.0 Å². The summed E-state index contributed by atoms with van der Waals surface area (Å²) in [5.41, 5.74) is 0.0946. The van der Waals surface area contributed by atoms with Gasteiger partial charge in [-0.25, -0.2) is 0 Å². The lowest BCUT2D eigenvalue weighted by molar-refractivity contribution is -0.126. The van der Waals surface area contributed by atoms with Crippen molar-refractivity contribution >= 4 is 11.8 Å². The van der Waals surface area contributed by atoms with E-state index in [0.29, 0.717) is 31.8 Å². The predicted octanol–water partition coefficient (Wildman–Crippen LogP) is 2.26. The van der Waals surface area contributed by atoms with Crippen LogP contribution in [0.5, 0.6) is 5.75 Å². The van der Waals surface area contributed by atoms with Crippen LogP contribution in [0, 0.1) is 11.8 Å². The number of rotatable bonds is 6. The number of para-hydroxylation sites is 1. The first-order chi connectivity index (χ1) is 13.5. The van der Waals surface area contributed by atoms with Gasteiger partial charge in [-0.1, -0.05) is 12.1 Å². The molecule has 2 saturated heterocycles. The molecule has 2 atom stereocenters. The number of hydrogen-bond donors (Lipinski definition) is 2. The van der Waals surface area contributed by atoms with E-state index in [1.165, 1.54) is 12.1 Å². The number of nitrogens with one attached hydrogen (secondary N) is 2. The Kier molecular flexibility index (Phi) is 7.19. The summed E-state index contributed by atoms with van der Waals surface area (Å²) in [6, 6.07) is 5.98. The molecule has 154 valence electrons. The third kappa shape index (κ3) is 5.41. The molecule has 0 aromatic heterocycles. The highest BCUT2D eigenvalue weighted by Gasteiger charge is 2.30. The molecule has 0 spiro atoms. The van der Waals surface area contributed by atoms with Crippen LogP contribution in [0.2, 0.25) is 0 Å². The second kappa shape index (κ2) is 9.82. The van der Waals surface area contributed by atoms with E-state index in [1.807, 2.05) is 0 Å². The third-order valence-corrected chi connectivity index (χ3v) is 5.38. The molecule has 2 fully saturated rings. The van der Waals surface area contributed by atoms with Gasteiger partial charge in [0.2, 0.25) is 5.91 Å². The average Bonchev–Trinajstić information content (AvgIpc) is 2.72. The zero-order valence-corrected chi connectivity index (χ0v) is 15.8. The summed E-state index contributed by atoms with van der Waals surface area (Å²) < 4.78 is 29.7. The van der Waals surface area contributed by atoms with Crippen LogP contribution in [0.15, 0.2) is 24.3 Å². The molecule has 1 aromatic carbocycles. The minimum Gasteiger partial charge on any atom is -0.434 e. The maximum atomic E-state index is 12.8. The molecule has 2 heterocycles. The first-order valence-electron chi connectivity index (χ1n) is 9.86. The van der Waals surface area contributed by atoms with Crippen molar-refractivity contribution in [3.8, 4) is 5.75 Å². The van der Waals surface area contributed by atoms with Crippen molar-refractivity contribution in [2.45, 2.75) is 32.3 Å². The molecule has 3 rings (SSSR count). The largest absolute Gasteiger partial charge is 0.434 e. The minimum absolute atomic E-state index is 0.0415. The van der Waals surface area contributed by atoms with E-state index in [-0.39, 0.29) is 35.6 Å². The first kappa shape index (κ1) is 20.5. The van der Waals surface area contributed by atoms with Gasteiger partial charge in [-0.2, -0.15) is 8.78 Å². The van der Waals surface area contributed by atoms with E-state index in [2.05, 4.69) is 15.4 Å². The molecular formula is C20H27F2N3O3. The lowest BCUT2D eigenvalue weighted by atomic mass is 9.95. The number of piperidine rings is 2. The van der Waals surface area contributed by atoms with Crippen molar-refractivity contribution in [3.63, 3.8) is 0 Å². The van der Waals surface area contributed by atoms with Gasteiger partial charge in [0.15, 0.2) is 0 Å². The normalized spacial score (nSPS) is 22.8. The molecule has 1 aromatic rings. The van der Waals surface area contributed by atoms with Crippen molar-refractivity contribution in [1.82, 2.24) is 15.5 Å². The van der Waals surface area contributed by atoms with Gasteiger partial charge in [0.1, 0.15) is 5.75 Å². The van der Waals surface area contributed by atoms with Crippen molar-refractivity contribution in [2.24, 2.45) is 11.8 Å². The maximum absolute atomic E-state index is 12.8. The molecule has 6 nitrogen and oxygen atoms in total. The fourth-order valence-corrected chi connectivity index (χ4v) is 3.88. The highest BCUT2D eigenvalue weighted by molar-refractivity contribution is 5.97. The summed E-state index contributed by atoms with van der Waals surface area (Å²) in [4.78, 5) is 27.0. The van der Waals surface area contributed by atoms with E-state index in [9.17, 15) is 18.4 Å². The van der Waals surface area contributed by atoms with Crippen LogP contribution in [0.3, 0.4) is 0 Å². The number of amides is 2. The molecular weight excluding hydrogens is 368 g/mol. The lowest BCUT2D eigenvalue weighted by Crippen LogP contribution is -2.47. The molecule has 2 N–H and O–H groups in total. The molecule has 0 bridgehead atoms. The minimum atomic E-state index is -3.00. The average molecular weight is 395 g/mol. The van der Waals surface area contributed by atoms with Gasteiger partial charge in [-0.15, -0.1) is 0 Å². The number of alkyl halides is 2. The molecule has 0 aliphatic carbocycles. The zero-order valence-electron chi connectivity index (χ0n) is 15.8. The van der Waals surface area contributed by atoms with Gasteiger partial charge in [-0.05, 0) is 56.8 Å². The number of carbonyl (C=O) groups excluding carboxylic acids is 2. The van der Waals surface area contributed by atoms with Crippen LogP contribution in [0.1, 0.15) is 36.0 Å². The van der Waals surface area contributed by atoms with Gasteiger partial charge in [0.05, 0.1) is 11.5 Å². The number of hydrogen-bond acceptors (Lipinski definition) is 4. The smallest absolute Gasteiger partial charge is 0.387 e. The van der Waals surface area contributed by atoms with Crippen LogP contribution < -0.4 is 15.4 Å². The number of nitrogens with zero attached hydrogens (tertiary/aromatic N) is 1. The highest BCUT2D eigenvalue weighted by Crippen LogP contribution is 2.25. The summed E-state index contributed by atoms with van der Waals surface area (Å²) in [6.45, 7) is 0.371. The molecule has 2 aliphatic heterocycles. The van der Waals surface area contributed by atoms with Crippen LogP contribution in [-0.2, 0) is 4.79 Å². The fourth-order valence-electron chi connectivity index (χ4n) is 3.88. The number of benzene rings is 1. The van der Waals surface area contributed by atoms with E-state index in [0.717, 1.165) is 25.9 Å². The molecule has 0 saturated carbocycles. The fraction of sp³-hybridized carbons (Fsp3) is 0.600. The summed E-state index contributed by atoms with van der Waals surface area (Å²) in [5.74, 6) is -0.404. The van der Waals surface area contributed by atoms with Crippen molar-refractivity contribution < 1.29 is 23.1 Å². The van der Waals surface area contributed by atoms with Crippen LogP contribution in [0.25, 0.3) is 0 Å². The topological polar surface area (TPSA) is 70.7 Å². The highest BCUT2D eigenvalue weighted by atomic mass is 19.3. The Balaban J connectivity index is 1.58. The van der Waals surface area contributed by atoms with Gasteiger partial charge < -0.3 is 20.3 Å². The van der Waals surface area contributed by atoms with E-state index < -0.39 is 6.61 Å². The molecule has 8 heteroatoms. The Bertz CT molecular complexity index is 680.